The van der Waals surface area contributed by atoms with E-state index >= 15 is 0 Å². The molecule has 0 fully saturated rings. The Balaban J connectivity index is 2.60. The first-order chi connectivity index (χ1) is 4.41. The molecule has 0 aromatic rings. The van der Waals surface area contributed by atoms with Crippen molar-refractivity contribution >= 4 is 35.1 Å². The van der Waals surface area contributed by atoms with Crippen LogP contribution >= 0.6 is 35.1 Å². The van der Waals surface area contributed by atoms with Gasteiger partial charge in [-0.1, -0.05) is 23.6 Å². The van der Waals surface area contributed by atoms with E-state index in [1.807, 2.05) is 0 Å². The van der Waals surface area contributed by atoms with E-state index in [0.29, 0.717) is 0 Å². The van der Waals surface area contributed by atoms with Gasteiger partial charge in [-0.25, -0.2) is 0 Å². The molecular formula is C6H14S3. The van der Waals surface area contributed by atoms with Crippen LogP contribution in [0.1, 0.15) is 25.7 Å². The van der Waals surface area contributed by atoms with Gasteiger partial charge in [0.25, 0.3) is 0 Å². The lowest BCUT2D eigenvalue weighted by molar-refractivity contribution is 0.712. The Kier molecular flexibility index (Phi) is 10.1. The number of thiol groups is 2. The maximum Gasteiger partial charge on any atom is 0.00345 e. The molecule has 0 saturated heterocycles. The maximum atomic E-state index is 4.13. The fourth-order valence-corrected chi connectivity index (χ4v) is 1.58. The molecule has 0 aliphatic carbocycles. The molecule has 0 heterocycles. The highest BCUT2D eigenvalue weighted by molar-refractivity contribution is 8.68. The predicted molar refractivity (Wildman–Crippen MR) is 53.8 cm³/mol. The average Bonchev–Trinajstić information content (AvgIpc) is 1.89. The summed E-state index contributed by atoms with van der Waals surface area (Å²) in [6.07, 6.45) is 5.24. The van der Waals surface area contributed by atoms with Crippen LogP contribution in [0.3, 0.4) is 0 Å². The Hall–Kier alpha value is 1.05. The van der Waals surface area contributed by atoms with Gasteiger partial charge in [0, 0.05) is 5.75 Å². The summed E-state index contributed by atoms with van der Waals surface area (Å²) in [6.45, 7) is 0. The molecule has 0 aliphatic heterocycles. The molecule has 0 spiro atoms. The third kappa shape index (κ3) is 9.05. The lowest BCUT2D eigenvalue weighted by Crippen LogP contribution is -1.80. The highest BCUT2D eigenvalue weighted by Gasteiger charge is 1.86. The van der Waals surface area contributed by atoms with Crippen molar-refractivity contribution < 1.29 is 0 Å². The molecule has 0 rings (SSSR count). The minimum atomic E-state index is 1.04. The van der Waals surface area contributed by atoms with Gasteiger partial charge in [0.15, 0.2) is 0 Å². The Morgan fingerprint density at radius 2 is 1.67 bits per heavy atom. The molecule has 0 radical (unpaired) electrons. The number of hydrogen-bond acceptors (Lipinski definition) is 3. The summed E-state index contributed by atoms with van der Waals surface area (Å²) in [5.41, 5.74) is 0. The van der Waals surface area contributed by atoms with Crippen molar-refractivity contribution in [3.63, 3.8) is 0 Å². The fourth-order valence-electron chi connectivity index (χ4n) is 0.632. The highest BCUT2D eigenvalue weighted by Crippen LogP contribution is 2.10. The van der Waals surface area contributed by atoms with Crippen molar-refractivity contribution in [3.8, 4) is 0 Å². The summed E-state index contributed by atoms with van der Waals surface area (Å²) >= 11 is 8.17. The number of hydrogen-bond donors (Lipinski definition) is 2. The average molecular weight is 182 g/mol. The van der Waals surface area contributed by atoms with Gasteiger partial charge in [0.1, 0.15) is 0 Å². The fraction of sp³-hybridized carbons (Fsp3) is 1.00. The van der Waals surface area contributed by atoms with Crippen molar-refractivity contribution in [1.82, 2.24) is 0 Å². The van der Waals surface area contributed by atoms with Crippen molar-refractivity contribution in [2.24, 2.45) is 0 Å². The Bertz CT molecular complexity index is 41.6. The normalized spacial score (nSPS) is 10.0. The summed E-state index contributed by atoms with van der Waals surface area (Å²) in [5, 5.41) is 0. The van der Waals surface area contributed by atoms with E-state index in [2.05, 4.69) is 24.3 Å². The second-order valence-electron chi connectivity index (χ2n) is 1.97. The monoisotopic (exact) mass is 182 g/mol. The summed E-state index contributed by atoms with van der Waals surface area (Å²) in [6, 6.07) is 0. The van der Waals surface area contributed by atoms with E-state index in [1.54, 1.807) is 10.8 Å². The van der Waals surface area contributed by atoms with Gasteiger partial charge in [-0.3, -0.25) is 0 Å². The van der Waals surface area contributed by atoms with Crippen molar-refractivity contribution in [2.75, 3.05) is 11.5 Å². The molecular weight excluding hydrogens is 168 g/mol. The van der Waals surface area contributed by atoms with E-state index in [-0.39, 0.29) is 0 Å². The molecule has 9 heavy (non-hydrogen) atoms. The van der Waals surface area contributed by atoms with Gasteiger partial charge in [-0.05, 0) is 18.6 Å². The smallest absolute Gasteiger partial charge is 0.00345 e. The summed E-state index contributed by atoms with van der Waals surface area (Å²) in [4.78, 5) is 0. The third-order valence-corrected chi connectivity index (χ3v) is 2.48. The zero-order valence-corrected chi connectivity index (χ0v) is 8.15. The standard InChI is InChI=1S/C6H14S3/c7-5-3-1-2-4-6-9-8/h7-8H,1-6H2. The molecule has 0 aliphatic rings. The molecule has 56 valence electrons. The van der Waals surface area contributed by atoms with E-state index in [1.165, 1.54) is 31.4 Å². The van der Waals surface area contributed by atoms with E-state index in [9.17, 15) is 0 Å². The highest BCUT2D eigenvalue weighted by atomic mass is 33.1. The topological polar surface area (TPSA) is 0 Å². The van der Waals surface area contributed by atoms with Crippen molar-refractivity contribution in [1.29, 1.82) is 0 Å². The van der Waals surface area contributed by atoms with Crippen molar-refractivity contribution in [3.05, 3.63) is 0 Å². The molecule has 0 aromatic carbocycles. The quantitative estimate of drug-likeness (QED) is 0.362. The third-order valence-electron chi connectivity index (χ3n) is 1.14. The van der Waals surface area contributed by atoms with Crippen LogP contribution in [0.25, 0.3) is 0 Å². The van der Waals surface area contributed by atoms with Crippen LogP contribution in [0.15, 0.2) is 0 Å². The van der Waals surface area contributed by atoms with Crippen LogP contribution in [0.5, 0.6) is 0 Å². The van der Waals surface area contributed by atoms with Crippen molar-refractivity contribution in [2.45, 2.75) is 25.7 Å². The molecule has 3 heteroatoms. The second kappa shape index (κ2) is 9.05. The molecule has 0 atom stereocenters. The summed E-state index contributed by atoms with van der Waals surface area (Å²) < 4.78 is 0. The Morgan fingerprint density at radius 1 is 1.00 bits per heavy atom. The molecule has 0 saturated carbocycles. The molecule has 0 amide bonds. The van der Waals surface area contributed by atoms with Crippen LogP contribution in [0, 0.1) is 0 Å². The zero-order chi connectivity index (χ0) is 6.95. The van der Waals surface area contributed by atoms with Crippen LogP contribution < -0.4 is 0 Å². The Labute approximate surface area is 72.4 Å². The maximum absolute atomic E-state index is 4.13. The summed E-state index contributed by atoms with van der Waals surface area (Å²) in [7, 11) is 1.64. The van der Waals surface area contributed by atoms with Gasteiger partial charge in [-0.2, -0.15) is 12.6 Å². The predicted octanol–water partition coefficient (Wildman–Crippen LogP) is 3.05. The number of rotatable bonds is 6. The van der Waals surface area contributed by atoms with Gasteiger partial charge in [-0.15, -0.1) is 11.7 Å². The lowest BCUT2D eigenvalue weighted by Gasteiger charge is -1.95. The van der Waals surface area contributed by atoms with E-state index in [0.717, 1.165) is 5.75 Å². The van der Waals surface area contributed by atoms with Crippen LogP contribution in [-0.4, -0.2) is 11.5 Å². The van der Waals surface area contributed by atoms with Crippen LogP contribution in [0.2, 0.25) is 0 Å². The zero-order valence-electron chi connectivity index (χ0n) is 5.55. The second-order valence-corrected chi connectivity index (χ2v) is 3.86. The van der Waals surface area contributed by atoms with E-state index in [4.69, 9.17) is 0 Å². The minimum Gasteiger partial charge on any atom is -0.179 e. The summed E-state index contributed by atoms with van der Waals surface area (Å²) in [5.74, 6) is 2.23. The van der Waals surface area contributed by atoms with Crippen LogP contribution in [-0.2, 0) is 0 Å². The SMILES string of the molecule is SCCCCCCSS. The molecule has 0 N–H and O–H groups in total. The first kappa shape index (κ1) is 10.0. The van der Waals surface area contributed by atoms with Gasteiger partial charge in [0.05, 0.1) is 0 Å². The minimum absolute atomic E-state index is 1.04. The largest absolute Gasteiger partial charge is 0.179 e. The first-order valence-corrected chi connectivity index (χ1v) is 5.96. The first-order valence-electron chi connectivity index (χ1n) is 3.29. The molecule has 0 bridgehead atoms. The lowest BCUT2D eigenvalue weighted by atomic mass is 10.2. The van der Waals surface area contributed by atoms with E-state index < -0.39 is 0 Å². The molecule has 0 nitrogen and oxygen atoms in total. The van der Waals surface area contributed by atoms with Gasteiger partial charge < -0.3 is 0 Å². The van der Waals surface area contributed by atoms with Crippen LogP contribution in [0.4, 0.5) is 0 Å². The number of unbranched alkanes of at least 4 members (excludes halogenated alkanes) is 3. The molecule has 0 unspecified atom stereocenters. The van der Waals surface area contributed by atoms with Gasteiger partial charge in [0.2, 0.25) is 0 Å². The van der Waals surface area contributed by atoms with Gasteiger partial charge >= 0.3 is 0 Å². The Morgan fingerprint density at radius 3 is 2.22 bits per heavy atom. The molecule has 0 aromatic heterocycles.